The fraction of sp³-hybridized carbons (Fsp3) is 1.00. The van der Waals surface area contributed by atoms with Gasteiger partial charge in [0, 0.05) is 0 Å². The van der Waals surface area contributed by atoms with Crippen molar-refractivity contribution in [3.63, 3.8) is 0 Å². The van der Waals surface area contributed by atoms with Crippen LogP contribution in [0, 0.1) is 28.6 Å². The lowest BCUT2D eigenvalue weighted by Crippen LogP contribution is -2.24. The first-order valence-corrected chi connectivity index (χ1v) is 5.22. The molecule has 0 aromatic rings. The molecule has 0 saturated heterocycles. The minimum Gasteiger partial charge on any atom is -0.0623 e. The van der Waals surface area contributed by atoms with Crippen LogP contribution in [0.25, 0.3) is 0 Å². The fourth-order valence-electron chi connectivity index (χ4n) is 2.86. The maximum absolute atomic E-state index is 2.42. The molecule has 1 fully saturated rings. The van der Waals surface area contributed by atoms with Gasteiger partial charge in [-0.25, -0.2) is 0 Å². The van der Waals surface area contributed by atoms with Gasteiger partial charge in [-0.05, 0) is 28.6 Å². The molecule has 0 aromatic heterocycles. The highest BCUT2D eigenvalue weighted by Gasteiger charge is 2.61. The SMILES string of the molecule is CC(C)C(C)(C)C1C(C)C1(C)C. The Hall–Kier alpha value is 0. The lowest BCUT2D eigenvalue weighted by molar-refractivity contribution is 0.178. The van der Waals surface area contributed by atoms with E-state index in [1.165, 1.54) is 0 Å². The smallest absolute Gasteiger partial charge is 0.0275 e. The lowest BCUT2D eigenvalue weighted by Gasteiger charge is -2.31. The highest BCUT2D eigenvalue weighted by Crippen LogP contribution is 2.66. The molecule has 0 amide bonds. The molecule has 2 unspecified atom stereocenters. The second-order valence-corrected chi connectivity index (χ2v) is 6.06. The van der Waals surface area contributed by atoms with Gasteiger partial charge in [0.2, 0.25) is 0 Å². The Kier molecular flexibility index (Phi) is 2.10. The van der Waals surface area contributed by atoms with Crippen LogP contribution >= 0.6 is 0 Å². The van der Waals surface area contributed by atoms with Crippen LogP contribution in [0.2, 0.25) is 0 Å². The van der Waals surface area contributed by atoms with Crippen molar-refractivity contribution in [1.82, 2.24) is 0 Å². The molecule has 1 saturated carbocycles. The highest BCUT2D eigenvalue weighted by atomic mass is 14.7. The van der Waals surface area contributed by atoms with Gasteiger partial charge in [0.25, 0.3) is 0 Å². The second kappa shape index (κ2) is 2.49. The first-order chi connectivity index (χ1) is 5.22. The van der Waals surface area contributed by atoms with Gasteiger partial charge in [0.05, 0.1) is 0 Å². The van der Waals surface area contributed by atoms with Crippen molar-refractivity contribution in [3.05, 3.63) is 0 Å². The zero-order valence-corrected chi connectivity index (χ0v) is 9.73. The quantitative estimate of drug-likeness (QED) is 0.585. The summed E-state index contributed by atoms with van der Waals surface area (Å²) in [5.41, 5.74) is 1.11. The van der Waals surface area contributed by atoms with Gasteiger partial charge >= 0.3 is 0 Å². The first-order valence-electron chi connectivity index (χ1n) is 5.22. The van der Waals surface area contributed by atoms with Crippen LogP contribution < -0.4 is 0 Å². The summed E-state index contributed by atoms with van der Waals surface area (Å²) >= 11 is 0. The third-order valence-corrected chi connectivity index (χ3v) is 4.66. The number of hydrogen-bond donors (Lipinski definition) is 0. The molecule has 0 heterocycles. The van der Waals surface area contributed by atoms with Crippen LogP contribution in [0.15, 0.2) is 0 Å². The van der Waals surface area contributed by atoms with E-state index < -0.39 is 0 Å². The van der Waals surface area contributed by atoms with Crippen molar-refractivity contribution >= 4 is 0 Å². The molecule has 0 radical (unpaired) electrons. The van der Waals surface area contributed by atoms with Gasteiger partial charge in [-0.2, -0.15) is 0 Å². The van der Waals surface area contributed by atoms with Crippen molar-refractivity contribution in [2.24, 2.45) is 28.6 Å². The first kappa shape index (κ1) is 10.1. The number of rotatable bonds is 2. The van der Waals surface area contributed by atoms with E-state index in [4.69, 9.17) is 0 Å². The van der Waals surface area contributed by atoms with Gasteiger partial charge in [0.1, 0.15) is 0 Å². The predicted molar refractivity (Wildman–Crippen MR) is 55.1 cm³/mol. The summed E-state index contributed by atoms with van der Waals surface area (Å²) in [5.74, 6) is 2.63. The maximum atomic E-state index is 2.42. The Morgan fingerprint density at radius 3 is 1.58 bits per heavy atom. The van der Waals surface area contributed by atoms with Crippen LogP contribution in [-0.2, 0) is 0 Å². The van der Waals surface area contributed by atoms with Crippen LogP contribution in [0.4, 0.5) is 0 Å². The molecule has 0 spiro atoms. The highest BCUT2D eigenvalue weighted by molar-refractivity contribution is 5.09. The van der Waals surface area contributed by atoms with Gasteiger partial charge in [-0.3, -0.25) is 0 Å². The van der Waals surface area contributed by atoms with Crippen molar-refractivity contribution in [3.8, 4) is 0 Å². The van der Waals surface area contributed by atoms with E-state index >= 15 is 0 Å². The molecule has 1 aliphatic rings. The number of hydrogen-bond acceptors (Lipinski definition) is 0. The minimum atomic E-state index is 0.517. The van der Waals surface area contributed by atoms with Gasteiger partial charge < -0.3 is 0 Å². The van der Waals surface area contributed by atoms with Crippen molar-refractivity contribution < 1.29 is 0 Å². The van der Waals surface area contributed by atoms with Crippen molar-refractivity contribution in [2.45, 2.75) is 48.5 Å². The van der Waals surface area contributed by atoms with Crippen LogP contribution in [0.3, 0.4) is 0 Å². The molecule has 0 aliphatic heterocycles. The van der Waals surface area contributed by atoms with Crippen molar-refractivity contribution in [2.75, 3.05) is 0 Å². The summed E-state index contributed by atoms with van der Waals surface area (Å²) in [6.07, 6.45) is 0. The molecular formula is C12H24. The monoisotopic (exact) mass is 168 g/mol. The average Bonchev–Trinajstić information content (AvgIpc) is 2.32. The Morgan fingerprint density at radius 2 is 1.50 bits per heavy atom. The largest absolute Gasteiger partial charge is 0.0623 e. The Morgan fingerprint density at radius 1 is 1.17 bits per heavy atom. The molecular weight excluding hydrogens is 144 g/mol. The summed E-state index contributed by atoms with van der Waals surface area (Å²) < 4.78 is 0. The molecule has 0 N–H and O–H groups in total. The normalized spacial score (nSPS) is 34.0. The lowest BCUT2D eigenvalue weighted by atomic mass is 9.74. The maximum Gasteiger partial charge on any atom is -0.0275 e. The molecule has 0 bridgehead atoms. The zero-order valence-electron chi connectivity index (χ0n) is 9.73. The summed E-state index contributed by atoms with van der Waals surface area (Å²) in [4.78, 5) is 0. The van der Waals surface area contributed by atoms with Gasteiger partial charge in [-0.15, -0.1) is 0 Å². The molecule has 12 heavy (non-hydrogen) atoms. The third-order valence-electron chi connectivity index (χ3n) is 4.66. The average molecular weight is 168 g/mol. The van der Waals surface area contributed by atoms with E-state index in [9.17, 15) is 0 Å². The Labute approximate surface area is 77.7 Å². The van der Waals surface area contributed by atoms with E-state index in [1.54, 1.807) is 0 Å². The summed E-state index contributed by atoms with van der Waals surface area (Å²) in [5, 5.41) is 0. The van der Waals surface area contributed by atoms with Gasteiger partial charge in [0.15, 0.2) is 0 Å². The molecule has 0 heteroatoms. The zero-order chi connectivity index (χ0) is 9.73. The summed E-state index contributed by atoms with van der Waals surface area (Å²) in [6, 6.07) is 0. The van der Waals surface area contributed by atoms with Crippen LogP contribution in [0.1, 0.15) is 48.5 Å². The van der Waals surface area contributed by atoms with Crippen LogP contribution in [0.5, 0.6) is 0 Å². The van der Waals surface area contributed by atoms with E-state index in [0.29, 0.717) is 10.8 Å². The molecule has 72 valence electrons. The molecule has 1 rings (SSSR count). The molecule has 0 aromatic carbocycles. The Balaban J connectivity index is 2.74. The van der Waals surface area contributed by atoms with Gasteiger partial charge in [-0.1, -0.05) is 48.5 Å². The predicted octanol–water partition coefficient (Wildman–Crippen LogP) is 3.96. The van der Waals surface area contributed by atoms with E-state index in [-0.39, 0.29) is 0 Å². The minimum absolute atomic E-state index is 0.517. The van der Waals surface area contributed by atoms with E-state index in [0.717, 1.165) is 17.8 Å². The standard InChI is InChI=1S/C12H24/c1-8(2)11(4,5)10-9(3)12(10,6)7/h8-10H,1-7H3. The molecule has 0 nitrogen and oxygen atoms in total. The molecule has 2 atom stereocenters. The van der Waals surface area contributed by atoms with E-state index in [1.807, 2.05) is 0 Å². The third kappa shape index (κ3) is 1.20. The van der Waals surface area contributed by atoms with Crippen molar-refractivity contribution in [1.29, 1.82) is 0 Å². The van der Waals surface area contributed by atoms with Crippen LogP contribution in [-0.4, -0.2) is 0 Å². The van der Waals surface area contributed by atoms with E-state index in [2.05, 4.69) is 48.5 Å². The fourth-order valence-corrected chi connectivity index (χ4v) is 2.86. The second-order valence-electron chi connectivity index (χ2n) is 6.06. The summed E-state index contributed by atoms with van der Waals surface area (Å²) in [7, 11) is 0. The molecule has 1 aliphatic carbocycles. The topological polar surface area (TPSA) is 0 Å². The summed E-state index contributed by atoms with van der Waals surface area (Å²) in [6.45, 7) is 16.8. The Bertz CT molecular complexity index is 174.